The number of benzene rings is 1. The molecule has 0 aromatic heterocycles. The lowest BCUT2D eigenvalue weighted by Crippen LogP contribution is -2.57. The number of rotatable bonds is 6. The minimum Gasteiger partial charge on any atom is -0.490 e. The minimum absolute atomic E-state index is 0. The minimum atomic E-state index is -4.49. The Labute approximate surface area is 159 Å². The third-order valence-electron chi connectivity index (χ3n) is 4.06. The number of amides is 1. The first kappa shape index (κ1) is 22.9. The van der Waals surface area contributed by atoms with Gasteiger partial charge in [0.15, 0.2) is 5.75 Å². The van der Waals surface area contributed by atoms with Gasteiger partial charge < -0.3 is 15.4 Å². The zero-order chi connectivity index (χ0) is 19.3. The number of alkyl halides is 3. The number of methoxy groups -OCH3 is 1. The molecule has 1 aliphatic heterocycles. The Morgan fingerprint density at radius 1 is 1.41 bits per heavy atom. The van der Waals surface area contributed by atoms with Crippen LogP contribution >= 0.6 is 12.4 Å². The molecule has 0 saturated carbocycles. The molecule has 1 aliphatic rings. The molecule has 2 rings (SSSR count). The van der Waals surface area contributed by atoms with E-state index < -0.39 is 29.6 Å². The van der Waals surface area contributed by atoms with Gasteiger partial charge in [-0.15, -0.1) is 12.4 Å². The Kier molecular flexibility index (Phi) is 8.25. The number of halogens is 4. The summed E-state index contributed by atoms with van der Waals surface area (Å²) in [5.41, 5.74) is -0.355. The van der Waals surface area contributed by atoms with Crippen molar-refractivity contribution in [1.82, 2.24) is 15.5 Å². The van der Waals surface area contributed by atoms with E-state index in [1.54, 1.807) is 0 Å². The number of piperazine rings is 1. The van der Waals surface area contributed by atoms with Gasteiger partial charge in [0.05, 0.1) is 12.0 Å². The SMILES string of the molecule is COc1cc(C(=O)NCC(N2CCNCC2)C(F)(F)F)ccc1[N+](=O)[O-].Cl. The molecule has 0 aliphatic carbocycles. The number of carbonyl (C=O) groups is 1. The maximum absolute atomic E-state index is 13.3. The highest BCUT2D eigenvalue weighted by atomic mass is 35.5. The van der Waals surface area contributed by atoms with Crippen LogP contribution in [0.3, 0.4) is 0 Å². The molecule has 0 spiro atoms. The summed E-state index contributed by atoms with van der Waals surface area (Å²) in [5.74, 6) is -0.903. The fourth-order valence-corrected chi connectivity index (χ4v) is 2.71. The standard InChI is InChI=1S/C15H19F3N4O4.ClH/c1-26-12-8-10(2-3-11(12)22(24)25)14(23)20-9-13(15(16,17)18)21-6-4-19-5-7-21;/h2-3,8,13,19H,4-7,9H2,1H3,(H,20,23);1H. The number of ether oxygens (including phenoxy) is 1. The Morgan fingerprint density at radius 3 is 2.56 bits per heavy atom. The van der Waals surface area contributed by atoms with E-state index in [0.29, 0.717) is 13.1 Å². The maximum atomic E-state index is 13.3. The van der Waals surface area contributed by atoms with Gasteiger partial charge in [-0.25, -0.2) is 0 Å². The summed E-state index contributed by atoms with van der Waals surface area (Å²) in [4.78, 5) is 23.6. The largest absolute Gasteiger partial charge is 0.490 e. The average molecular weight is 413 g/mol. The Balaban J connectivity index is 0.00000364. The van der Waals surface area contributed by atoms with Crippen LogP contribution in [0.25, 0.3) is 0 Å². The molecule has 1 fully saturated rings. The third-order valence-corrected chi connectivity index (χ3v) is 4.06. The highest BCUT2D eigenvalue weighted by Crippen LogP contribution is 2.28. The van der Waals surface area contributed by atoms with Gasteiger partial charge in [0.1, 0.15) is 6.04 Å². The molecule has 1 amide bonds. The van der Waals surface area contributed by atoms with Crippen LogP contribution in [0.4, 0.5) is 18.9 Å². The van der Waals surface area contributed by atoms with E-state index in [1.165, 1.54) is 18.1 Å². The number of hydrogen-bond donors (Lipinski definition) is 2. The zero-order valence-corrected chi connectivity index (χ0v) is 15.2. The molecule has 12 heteroatoms. The van der Waals surface area contributed by atoms with Crippen LogP contribution in [-0.4, -0.2) is 67.8 Å². The molecule has 0 radical (unpaired) electrons. The van der Waals surface area contributed by atoms with E-state index >= 15 is 0 Å². The van der Waals surface area contributed by atoms with E-state index in [9.17, 15) is 28.1 Å². The number of carbonyl (C=O) groups excluding carboxylic acids is 1. The highest BCUT2D eigenvalue weighted by molar-refractivity contribution is 5.95. The number of nitro groups is 1. The monoisotopic (exact) mass is 412 g/mol. The van der Waals surface area contributed by atoms with Crippen LogP contribution < -0.4 is 15.4 Å². The molecule has 152 valence electrons. The van der Waals surface area contributed by atoms with Crippen LogP contribution in [0.5, 0.6) is 5.75 Å². The van der Waals surface area contributed by atoms with Crippen molar-refractivity contribution in [3.63, 3.8) is 0 Å². The summed E-state index contributed by atoms with van der Waals surface area (Å²) < 4.78 is 44.8. The van der Waals surface area contributed by atoms with Crippen LogP contribution in [-0.2, 0) is 0 Å². The topological polar surface area (TPSA) is 96.7 Å². The van der Waals surface area contributed by atoms with E-state index in [0.717, 1.165) is 12.1 Å². The third kappa shape index (κ3) is 5.94. The molecular formula is C15H20ClF3N4O4. The van der Waals surface area contributed by atoms with Crippen molar-refractivity contribution in [3.8, 4) is 5.75 Å². The van der Waals surface area contributed by atoms with Crippen molar-refractivity contribution >= 4 is 24.0 Å². The Bertz CT molecular complexity index is 669. The van der Waals surface area contributed by atoms with E-state index in [4.69, 9.17) is 4.74 Å². The lowest BCUT2D eigenvalue weighted by Gasteiger charge is -2.35. The molecule has 1 aromatic rings. The van der Waals surface area contributed by atoms with Crippen molar-refractivity contribution in [1.29, 1.82) is 0 Å². The summed E-state index contributed by atoms with van der Waals surface area (Å²) in [7, 11) is 1.20. The second-order valence-electron chi connectivity index (χ2n) is 5.70. The van der Waals surface area contributed by atoms with Crippen LogP contribution in [0, 0.1) is 10.1 Å². The fraction of sp³-hybridized carbons (Fsp3) is 0.533. The molecule has 1 saturated heterocycles. The lowest BCUT2D eigenvalue weighted by atomic mass is 10.1. The second kappa shape index (κ2) is 9.72. The molecule has 1 unspecified atom stereocenters. The number of nitro benzene ring substituents is 1. The van der Waals surface area contributed by atoms with Gasteiger partial charge in [-0.2, -0.15) is 13.2 Å². The smallest absolute Gasteiger partial charge is 0.405 e. The van der Waals surface area contributed by atoms with Gasteiger partial charge in [-0.1, -0.05) is 0 Å². The van der Waals surface area contributed by atoms with Gasteiger partial charge in [-0.05, 0) is 6.07 Å². The van der Waals surface area contributed by atoms with Crippen molar-refractivity contribution in [2.24, 2.45) is 0 Å². The summed E-state index contributed by atoms with van der Waals surface area (Å²) >= 11 is 0. The van der Waals surface area contributed by atoms with Crippen LogP contribution in [0.2, 0.25) is 0 Å². The summed E-state index contributed by atoms with van der Waals surface area (Å²) in [5, 5.41) is 16.1. The lowest BCUT2D eigenvalue weighted by molar-refractivity contribution is -0.385. The molecular weight excluding hydrogens is 393 g/mol. The molecule has 8 nitrogen and oxygen atoms in total. The first-order chi connectivity index (χ1) is 12.2. The summed E-state index contributed by atoms with van der Waals surface area (Å²) in [6, 6.07) is 1.57. The van der Waals surface area contributed by atoms with Gasteiger partial charge in [0.2, 0.25) is 0 Å². The van der Waals surface area contributed by atoms with E-state index in [-0.39, 0.29) is 42.5 Å². The van der Waals surface area contributed by atoms with Gasteiger partial charge >= 0.3 is 11.9 Å². The summed E-state index contributed by atoms with van der Waals surface area (Å²) in [6.45, 7) is 0.735. The molecule has 0 bridgehead atoms. The molecule has 1 atom stereocenters. The van der Waals surface area contributed by atoms with Crippen molar-refractivity contribution in [2.45, 2.75) is 12.2 Å². The van der Waals surface area contributed by atoms with Gasteiger partial charge in [0, 0.05) is 50.4 Å². The van der Waals surface area contributed by atoms with Crippen molar-refractivity contribution in [2.75, 3.05) is 39.8 Å². The van der Waals surface area contributed by atoms with Crippen LogP contribution in [0.1, 0.15) is 10.4 Å². The quantitative estimate of drug-likeness (QED) is 0.544. The second-order valence-corrected chi connectivity index (χ2v) is 5.70. The van der Waals surface area contributed by atoms with E-state index in [2.05, 4.69) is 10.6 Å². The van der Waals surface area contributed by atoms with Gasteiger partial charge in [0.25, 0.3) is 5.91 Å². The fourth-order valence-electron chi connectivity index (χ4n) is 2.71. The zero-order valence-electron chi connectivity index (χ0n) is 14.4. The Hall–Kier alpha value is -2.11. The first-order valence-corrected chi connectivity index (χ1v) is 7.86. The Morgan fingerprint density at radius 2 is 2.04 bits per heavy atom. The first-order valence-electron chi connectivity index (χ1n) is 7.86. The molecule has 27 heavy (non-hydrogen) atoms. The number of hydrogen-bond acceptors (Lipinski definition) is 6. The average Bonchev–Trinajstić information content (AvgIpc) is 2.60. The van der Waals surface area contributed by atoms with E-state index in [1.807, 2.05) is 0 Å². The summed E-state index contributed by atoms with van der Waals surface area (Å²) in [6.07, 6.45) is -4.49. The van der Waals surface area contributed by atoms with Crippen LogP contribution in [0.15, 0.2) is 18.2 Å². The highest BCUT2D eigenvalue weighted by Gasteiger charge is 2.43. The number of nitrogens with zero attached hydrogens (tertiary/aromatic N) is 2. The predicted molar refractivity (Wildman–Crippen MR) is 93.5 cm³/mol. The normalized spacial score (nSPS) is 16.1. The van der Waals surface area contributed by atoms with Gasteiger partial charge in [-0.3, -0.25) is 19.8 Å². The maximum Gasteiger partial charge on any atom is 0.405 e. The van der Waals surface area contributed by atoms with Crippen molar-refractivity contribution in [3.05, 3.63) is 33.9 Å². The predicted octanol–water partition coefficient (Wildman–Crippen LogP) is 1.59. The molecule has 2 N–H and O–H groups in total. The van der Waals surface area contributed by atoms with Crippen molar-refractivity contribution < 1.29 is 27.6 Å². The number of nitrogens with one attached hydrogen (secondary N) is 2. The molecule has 1 heterocycles. The molecule has 1 aromatic carbocycles.